The van der Waals surface area contributed by atoms with Crippen LogP contribution in [0.25, 0.3) is 0 Å². The molecule has 1 spiro atoms. The van der Waals surface area contributed by atoms with Crippen LogP contribution in [0.5, 0.6) is 0 Å². The summed E-state index contributed by atoms with van der Waals surface area (Å²) >= 11 is 0. The summed E-state index contributed by atoms with van der Waals surface area (Å²) in [6.07, 6.45) is 13.8. The van der Waals surface area contributed by atoms with E-state index in [2.05, 4.69) is 32.9 Å². The first-order valence-corrected chi connectivity index (χ1v) is 24.0. The number of aliphatic hydroxyl groups is 3. The maximum Gasteiger partial charge on any atom is 0.316 e. The van der Waals surface area contributed by atoms with Crippen molar-refractivity contribution in [1.82, 2.24) is 0 Å². The summed E-state index contributed by atoms with van der Waals surface area (Å²) in [6, 6.07) is 0. The van der Waals surface area contributed by atoms with E-state index in [4.69, 9.17) is 47.4 Å². The fourth-order valence-corrected chi connectivity index (χ4v) is 11.7. The molecule has 0 aromatic carbocycles. The molecular weight excluding hydrogens is 825 g/mol. The monoisotopic (exact) mass is 899 g/mol. The quantitative estimate of drug-likeness (QED) is 0.204. The second-order valence-electron chi connectivity index (χ2n) is 20.0. The molecule has 8 rings (SSSR count). The highest BCUT2D eigenvalue weighted by atomic mass is 16.7. The van der Waals surface area contributed by atoms with Crippen molar-refractivity contribution in [3.8, 4) is 0 Å². The predicted octanol–water partition coefficient (Wildman–Crippen LogP) is 5.91. The minimum Gasteiger partial charge on any atom is -0.462 e. The lowest BCUT2D eigenvalue weighted by atomic mass is 9.71. The average molecular weight is 899 g/mol. The molecule has 0 aromatic heterocycles. The lowest BCUT2D eigenvalue weighted by Gasteiger charge is -2.49. The number of esters is 1. The second kappa shape index (κ2) is 20.1. The van der Waals surface area contributed by atoms with Gasteiger partial charge < -0.3 is 62.7 Å². The summed E-state index contributed by atoms with van der Waals surface area (Å²) < 4.78 is 64.1. The number of fused-ring (bicyclic) bond motifs is 2. The Balaban J connectivity index is 1.08. The van der Waals surface area contributed by atoms with Crippen LogP contribution in [0.2, 0.25) is 0 Å². The zero-order valence-electron chi connectivity index (χ0n) is 39.0. The smallest absolute Gasteiger partial charge is 0.316 e. The highest BCUT2D eigenvalue weighted by Crippen LogP contribution is 2.48. The number of carbonyl (C=O) groups excluding carboxylic acids is 1. The van der Waals surface area contributed by atoms with Crippen LogP contribution >= 0.6 is 0 Å². The SMILES string of the molecule is CO[C@H]1C[C@H](O[C@@H]2[C@H](C)O[C@H](O[C@@H]3/C(C)=C/C[C@@H]4C[C@@H](C[C@]5(C=C[C@H](C)[C@@H](C6CCCCC6)O5)O4)OC(=O)[C@@H]4C=C(C)C(O)[C@H]5OC/C(=C\C=C\[C@@H]3C)[C@]54O)C[C@@H]2OC)O[C@@H](C)[C@@H]1O. The van der Waals surface area contributed by atoms with E-state index in [0.717, 1.165) is 18.4 Å². The van der Waals surface area contributed by atoms with Gasteiger partial charge in [0.25, 0.3) is 0 Å². The van der Waals surface area contributed by atoms with Crippen molar-refractivity contribution in [2.75, 3.05) is 20.8 Å². The van der Waals surface area contributed by atoms with E-state index >= 15 is 0 Å². The summed E-state index contributed by atoms with van der Waals surface area (Å²) in [7, 11) is 3.23. The van der Waals surface area contributed by atoms with E-state index in [0.29, 0.717) is 49.2 Å². The van der Waals surface area contributed by atoms with Crippen LogP contribution in [0, 0.1) is 23.7 Å². The highest BCUT2D eigenvalue weighted by molar-refractivity contribution is 5.78. The Labute approximate surface area is 379 Å². The Hall–Kier alpha value is -2.31. The molecule has 14 heteroatoms. The predicted molar refractivity (Wildman–Crippen MR) is 234 cm³/mol. The van der Waals surface area contributed by atoms with E-state index < -0.39 is 90.8 Å². The van der Waals surface area contributed by atoms with Gasteiger partial charge in [-0.3, -0.25) is 4.79 Å². The standard InChI is InChI=1S/C50H74O14/c1-27-13-12-16-34-26-57-47-42(51)30(4)21-37(50(34,47)54)48(53)60-36-22-35(63-49(25-36)20-19-29(3)45(64-49)33-14-10-9-11-15-33)18-17-28(2)44(27)61-41-24-39(56-8)46(32(6)59-41)62-40-23-38(55-7)43(52)31(5)58-40/h12-13,16-17,19-21,27,29,31-33,35-47,51-52,54H,9-11,14-15,18,22-26H2,1-8H3/b13-12+,28-17+,34-16+/t27-,29-,31-,32-,35+,36-,37-,38-,39-,40-,41+,42?,43-,44-,45-,46+,47+,49+,50+/m0/s1. The van der Waals surface area contributed by atoms with E-state index in [1.54, 1.807) is 40.2 Å². The molecule has 19 atom stereocenters. The van der Waals surface area contributed by atoms with Gasteiger partial charge in [0.15, 0.2) is 18.4 Å². The van der Waals surface area contributed by atoms with Crippen LogP contribution in [-0.4, -0.2) is 139 Å². The van der Waals surface area contributed by atoms with E-state index in [1.165, 1.54) is 19.3 Å². The van der Waals surface area contributed by atoms with Crippen LogP contribution in [0.1, 0.15) is 106 Å². The molecule has 2 aliphatic carbocycles. The van der Waals surface area contributed by atoms with Crippen molar-refractivity contribution < 1.29 is 67.5 Å². The summed E-state index contributed by atoms with van der Waals surface area (Å²) in [5, 5.41) is 34.3. The van der Waals surface area contributed by atoms with Crippen LogP contribution in [0.15, 0.2) is 59.3 Å². The number of ether oxygens (including phenoxy) is 10. The number of carbonyl (C=O) groups is 1. The maximum atomic E-state index is 14.4. The molecule has 3 N–H and O–H groups in total. The topological polar surface area (TPSA) is 170 Å². The van der Waals surface area contributed by atoms with Gasteiger partial charge in [0, 0.05) is 51.7 Å². The minimum atomic E-state index is -1.83. The molecule has 6 heterocycles. The van der Waals surface area contributed by atoms with Crippen molar-refractivity contribution in [1.29, 1.82) is 0 Å². The van der Waals surface area contributed by atoms with Gasteiger partial charge in [-0.1, -0.05) is 69.6 Å². The molecule has 1 unspecified atom stereocenters. The van der Waals surface area contributed by atoms with Gasteiger partial charge in [0.1, 0.15) is 42.0 Å². The summed E-state index contributed by atoms with van der Waals surface area (Å²) in [4.78, 5) is 14.4. The summed E-state index contributed by atoms with van der Waals surface area (Å²) in [6.45, 7) is 11.9. The molecule has 358 valence electrons. The first-order chi connectivity index (χ1) is 30.6. The van der Waals surface area contributed by atoms with Crippen LogP contribution in [0.4, 0.5) is 0 Å². The number of aliphatic hydroxyl groups excluding tert-OH is 2. The van der Waals surface area contributed by atoms with Gasteiger partial charge in [-0.05, 0) is 75.7 Å². The second-order valence-corrected chi connectivity index (χ2v) is 20.0. The molecule has 14 nitrogen and oxygen atoms in total. The molecule has 64 heavy (non-hydrogen) atoms. The third-order valence-corrected chi connectivity index (χ3v) is 15.4. The number of methoxy groups -OCH3 is 2. The minimum absolute atomic E-state index is 0.0242. The molecule has 4 saturated heterocycles. The van der Waals surface area contributed by atoms with Gasteiger partial charge in [0.2, 0.25) is 0 Å². The van der Waals surface area contributed by atoms with Crippen molar-refractivity contribution in [2.45, 2.75) is 203 Å². The molecule has 0 radical (unpaired) electrons. The highest BCUT2D eigenvalue weighted by Gasteiger charge is 2.60. The Bertz CT molecular complexity index is 1790. The first-order valence-electron chi connectivity index (χ1n) is 24.0. The van der Waals surface area contributed by atoms with Crippen LogP contribution in [-0.2, 0) is 52.2 Å². The van der Waals surface area contributed by atoms with E-state index in [1.807, 2.05) is 25.2 Å². The lowest BCUT2D eigenvalue weighted by Crippen LogP contribution is -2.58. The van der Waals surface area contributed by atoms with Crippen molar-refractivity contribution in [2.24, 2.45) is 23.7 Å². The fourth-order valence-electron chi connectivity index (χ4n) is 11.7. The Morgan fingerprint density at radius 2 is 1.53 bits per heavy atom. The summed E-state index contributed by atoms with van der Waals surface area (Å²) in [5.41, 5.74) is 0.166. The normalized spacial score (nSPS) is 49.2. The van der Waals surface area contributed by atoms with Crippen molar-refractivity contribution >= 4 is 5.97 Å². The van der Waals surface area contributed by atoms with Gasteiger partial charge in [-0.25, -0.2) is 0 Å². The molecule has 2 bridgehead atoms. The molecule has 1 saturated carbocycles. The largest absolute Gasteiger partial charge is 0.462 e. The summed E-state index contributed by atoms with van der Waals surface area (Å²) in [5.74, 6) is -2.32. The van der Waals surface area contributed by atoms with E-state index in [-0.39, 0.29) is 36.8 Å². The Morgan fingerprint density at radius 3 is 2.28 bits per heavy atom. The zero-order chi connectivity index (χ0) is 45.5. The average Bonchev–Trinajstić information content (AvgIpc) is 3.62. The number of allylic oxidation sites excluding steroid dienone is 2. The fraction of sp³-hybridized carbons (Fsp3) is 0.780. The third kappa shape index (κ3) is 9.82. The van der Waals surface area contributed by atoms with Gasteiger partial charge in [-0.15, -0.1) is 0 Å². The van der Waals surface area contributed by atoms with Gasteiger partial charge in [-0.2, -0.15) is 0 Å². The molecule has 6 aliphatic heterocycles. The molecule has 0 amide bonds. The third-order valence-electron chi connectivity index (χ3n) is 15.4. The number of rotatable bonds is 7. The van der Waals surface area contributed by atoms with Crippen LogP contribution in [0.3, 0.4) is 0 Å². The first kappa shape index (κ1) is 48.2. The lowest BCUT2D eigenvalue weighted by molar-refractivity contribution is -0.318. The molecule has 8 aliphatic rings. The van der Waals surface area contributed by atoms with Gasteiger partial charge >= 0.3 is 5.97 Å². The zero-order valence-corrected chi connectivity index (χ0v) is 39.0. The number of hydrogen-bond acceptors (Lipinski definition) is 14. The molecule has 5 fully saturated rings. The van der Waals surface area contributed by atoms with E-state index in [9.17, 15) is 20.1 Å². The molecule has 0 aromatic rings. The van der Waals surface area contributed by atoms with Gasteiger partial charge in [0.05, 0.1) is 49.3 Å². The Morgan fingerprint density at radius 1 is 0.812 bits per heavy atom. The van der Waals surface area contributed by atoms with Crippen LogP contribution < -0.4 is 0 Å². The Kier molecular flexibility index (Phi) is 15.1. The van der Waals surface area contributed by atoms with Crippen molar-refractivity contribution in [3.05, 3.63) is 59.3 Å². The molecular formula is C50H74O14. The maximum absolute atomic E-state index is 14.4. The van der Waals surface area contributed by atoms with Crippen molar-refractivity contribution in [3.63, 3.8) is 0 Å². The number of hydrogen-bond donors (Lipinski definition) is 3.